The summed E-state index contributed by atoms with van der Waals surface area (Å²) in [5.41, 5.74) is 1.81. The molecule has 1 aliphatic rings. The van der Waals surface area contributed by atoms with Gasteiger partial charge in [0.15, 0.2) is 11.5 Å². The normalized spacial score (nSPS) is 14.5. The van der Waals surface area contributed by atoms with Crippen molar-refractivity contribution in [3.8, 4) is 17.2 Å². The molecular formula is C32H29Cl2F2NO5. The van der Waals surface area contributed by atoms with Crippen LogP contribution in [0.25, 0.3) is 10.8 Å². The van der Waals surface area contributed by atoms with Crippen LogP contribution >= 0.6 is 23.2 Å². The molecule has 0 aliphatic heterocycles. The van der Waals surface area contributed by atoms with Crippen molar-refractivity contribution in [1.29, 1.82) is 0 Å². The Morgan fingerprint density at radius 2 is 1.64 bits per heavy atom. The zero-order chi connectivity index (χ0) is 29.8. The molecule has 3 aromatic carbocycles. The number of methoxy groups -OCH3 is 1. The van der Waals surface area contributed by atoms with Gasteiger partial charge in [0.2, 0.25) is 0 Å². The number of nitrogens with zero attached hydrogens (tertiary/aromatic N) is 1. The van der Waals surface area contributed by atoms with Crippen LogP contribution in [0.2, 0.25) is 10.0 Å². The predicted octanol–water partition coefficient (Wildman–Crippen LogP) is 8.57. The number of alkyl halides is 2. The first-order valence-electron chi connectivity index (χ1n) is 13.5. The summed E-state index contributed by atoms with van der Waals surface area (Å²) in [6, 6.07) is 16.0. The first-order chi connectivity index (χ1) is 20.2. The molecule has 220 valence electrons. The zero-order valence-electron chi connectivity index (χ0n) is 23.0. The maximum Gasteiger partial charge on any atom is 0.387 e. The molecule has 1 saturated carbocycles. The average molecular weight is 616 g/mol. The number of benzene rings is 3. The monoisotopic (exact) mass is 615 g/mol. The van der Waals surface area contributed by atoms with Gasteiger partial charge in [0.25, 0.3) is 0 Å². The highest BCUT2D eigenvalue weighted by molar-refractivity contribution is 6.35. The second-order valence-electron chi connectivity index (χ2n) is 10.2. The minimum Gasteiger partial charge on any atom is -0.497 e. The van der Waals surface area contributed by atoms with E-state index in [1.165, 1.54) is 18.5 Å². The van der Waals surface area contributed by atoms with Gasteiger partial charge in [-0.15, -0.1) is 0 Å². The number of hydrogen-bond donors (Lipinski definition) is 0. The van der Waals surface area contributed by atoms with E-state index in [0.717, 1.165) is 34.9 Å². The standard InChI is InChI=1S/C32H29Cl2F2NO5/c1-18(20-5-6-22-12-24(39-2)9-7-21(22)11-20)31(38)41-29(14-25-26(33)15-37-16-27(25)34)23-8-10-28(42-32(35)36)30(13-23)40-17-19-3-4-19/h5-13,15-16,18-19,29,32H,3-4,14,17H2,1-2H3/t18-,29?/m0/s1. The van der Waals surface area contributed by atoms with E-state index in [1.54, 1.807) is 26.2 Å². The number of fused-ring (bicyclic) bond motifs is 1. The van der Waals surface area contributed by atoms with Crippen LogP contribution in [0, 0.1) is 5.92 Å². The lowest BCUT2D eigenvalue weighted by molar-refractivity contribution is -0.150. The molecule has 0 saturated heterocycles. The van der Waals surface area contributed by atoms with Gasteiger partial charge in [-0.1, -0.05) is 53.5 Å². The predicted molar refractivity (Wildman–Crippen MR) is 157 cm³/mol. The van der Waals surface area contributed by atoms with E-state index >= 15 is 0 Å². The number of carbonyl (C=O) groups is 1. The molecule has 42 heavy (non-hydrogen) atoms. The van der Waals surface area contributed by atoms with Crippen LogP contribution < -0.4 is 14.2 Å². The first kappa shape index (κ1) is 29.9. The summed E-state index contributed by atoms with van der Waals surface area (Å²) >= 11 is 12.8. The van der Waals surface area contributed by atoms with Gasteiger partial charge in [0.05, 0.1) is 29.7 Å². The highest BCUT2D eigenvalue weighted by Crippen LogP contribution is 2.38. The van der Waals surface area contributed by atoms with Crippen molar-refractivity contribution in [2.75, 3.05) is 13.7 Å². The van der Waals surface area contributed by atoms with Crippen molar-refractivity contribution >= 4 is 39.9 Å². The average Bonchev–Trinajstić information content (AvgIpc) is 3.81. The number of hydrogen-bond acceptors (Lipinski definition) is 6. The van der Waals surface area contributed by atoms with E-state index in [2.05, 4.69) is 4.98 Å². The van der Waals surface area contributed by atoms with E-state index < -0.39 is 24.6 Å². The molecule has 1 aromatic heterocycles. The highest BCUT2D eigenvalue weighted by Gasteiger charge is 2.27. The Morgan fingerprint density at radius 1 is 0.952 bits per heavy atom. The molecule has 1 fully saturated rings. The van der Waals surface area contributed by atoms with Gasteiger partial charge in [-0.25, -0.2) is 0 Å². The quantitative estimate of drug-likeness (QED) is 0.149. The Balaban J connectivity index is 1.45. The molecule has 6 nitrogen and oxygen atoms in total. The van der Waals surface area contributed by atoms with Crippen molar-refractivity contribution < 1.29 is 32.5 Å². The molecule has 0 spiro atoms. The van der Waals surface area contributed by atoms with Crippen molar-refractivity contribution in [3.63, 3.8) is 0 Å². The van der Waals surface area contributed by atoms with Gasteiger partial charge >= 0.3 is 12.6 Å². The van der Waals surface area contributed by atoms with E-state index in [1.807, 2.05) is 36.4 Å². The van der Waals surface area contributed by atoms with Crippen LogP contribution in [0.15, 0.2) is 67.0 Å². The van der Waals surface area contributed by atoms with Crippen molar-refractivity contribution in [3.05, 3.63) is 93.7 Å². The van der Waals surface area contributed by atoms with Crippen LogP contribution in [0.4, 0.5) is 8.78 Å². The van der Waals surface area contributed by atoms with Gasteiger partial charge in [-0.3, -0.25) is 9.78 Å². The van der Waals surface area contributed by atoms with Crippen LogP contribution in [0.3, 0.4) is 0 Å². The molecule has 0 bridgehead atoms. The van der Waals surface area contributed by atoms with E-state index in [0.29, 0.717) is 33.7 Å². The summed E-state index contributed by atoms with van der Waals surface area (Å²) in [4.78, 5) is 17.6. The minimum absolute atomic E-state index is 0.0967. The molecule has 10 heteroatoms. The number of ether oxygens (including phenoxy) is 4. The van der Waals surface area contributed by atoms with Gasteiger partial charge < -0.3 is 18.9 Å². The van der Waals surface area contributed by atoms with Crippen LogP contribution in [0.1, 0.15) is 48.5 Å². The second-order valence-corrected chi connectivity index (χ2v) is 11.1. The maximum atomic E-state index is 13.6. The largest absolute Gasteiger partial charge is 0.497 e. The van der Waals surface area contributed by atoms with Gasteiger partial charge in [-0.2, -0.15) is 8.78 Å². The fourth-order valence-corrected chi connectivity index (χ4v) is 5.11. The van der Waals surface area contributed by atoms with Gasteiger partial charge in [-0.05, 0) is 77.4 Å². The highest BCUT2D eigenvalue weighted by atomic mass is 35.5. The molecule has 1 heterocycles. The fraction of sp³-hybridized carbons (Fsp3) is 0.312. The minimum atomic E-state index is -3.02. The molecule has 1 unspecified atom stereocenters. The molecule has 4 aromatic rings. The van der Waals surface area contributed by atoms with Crippen molar-refractivity contribution in [2.24, 2.45) is 5.92 Å². The van der Waals surface area contributed by atoms with Crippen LogP contribution in [-0.2, 0) is 16.0 Å². The van der Waals surface area contributed by atoms with E-state index in [4.69, 9.17) is 42.1 Å². The van der Waals surface area contributed by atoms with Crippen LogP contribution in [-0.4, -0.2) is 31.3 Å². The summed E-state index contributed by atoms with van der Waals surface area (Å²) in [5.74, 6) is 0.0626. The van der Waals surface area contributed by atoms with E-state index in [9.17, 15) is 13.6 Å². The molecule has 0 amide bonds. The molecule has 1 aliphatic carbocycles. The Morgan fingerprint density at radius 3 is 2.33 bits per heavy atom. The van der Waals surface area contributed by atoms with Gasteiger partial charge in [0.1, 0.15) is 11.9 Å². The number of rotatable bonds is 12. The third kappa shape index (κ3) is 7.23. The Hall–Kier alpha value is -3.62. The summed E-state index contributed by atoms with van der Waals surface area (Å²) in [6.07, 6.45) is 4.20. The number of carbonyl (C=O) groups excluding carboxylic acids is 1. The third-order valence-electron chi connectivity index (χ3n) is 7.25. The van der Waals surface area contributed by atoms with Gasteiger partial charge in [0, 0.05) is 18.8 Å². The van der Waals surface area contributed by atoms with E-state index in [-0.39, 0.29) is 17.9 Å². The first-order valence-corrected chi connectivity index (χ1v) is 14.2. The fourth-order valence-electron chi connectivity index (χ4n) is 4.59. The smallest absolute Gasteiger partial charge is 0.387 e. The SMILES string of the molecule is COc1ccc2cc([C@H](C)C(=O)OC(Cc3c(Cl)cncc3Cl)c3ccc(OC(F)F)c(OCC4CC4)c3)ccc2c1. The zero-order valence-corrected chi connectivity index (χ0v) is 24.5. The Bertz CT molecular complexity index is 1560. The molecule has 5 rings (SSSR count). The number of pyridine rings is 1. The second kappa shape index (κ2) is 13.1. The lowest BCUT2D eigenvalue weighted by Crippen LogP contribution is -2.19. The third-order valence-corrected chi connectivity index (χ3v) is 7.90. The summed E-state index contributed by atoms with van der Waals surface area (Å²) in [5, 5.41) is 2.55. The van der Waals surface area contributed by atoms with Crippen molar-refractivity contribution in [1.82, 2.24) is 4.98 Å². The molecule has 0 radical (unpaired) electrons. The summed E-state index contributed by atoms with van der Waals surface area (Å²) < 4.78 is 48.2. The molecule has 0 N–H and O–H groups in total. The lowest BCUT2D eigenvalue weighted by Gasteiger charge is -2.23. The lowest BCUT2D eigenvalue weighted by atomic mass is 9.97. The molecule has 2 atom stereocenters. The molecular weight excluding hydrogens is 587 g/mol. The number of halogens is 4. The Labute approximate surface area is 252 Å². The number of esters is 1. The van der Waals surface area contributed by atoms with Crippen molar-refractivity contribution in [2.45, 2.75) is 44.8 Å². The maximum absolute atomic E-state index is 13.6. The summed E-state index contributed by atoms with van der Waals surface area (Å²) in [6.45, 7) is -0.883. The Kier molecular flexibility index (Phi) is 9.34. The summed E-state index contributed by atoms with van der Waals surface area (Å²) in [7, 11) is 1.61. The number of aromatic nitrogens is 1. The topological polar surface area (TPSA) is 66.9 Å². The van der Waals surface area contributed by atoms with Crippen LogP contribution in [0.5, 0.6) is 17.2 Å².